The van der Waals surface area contributed by atoms with Crippen molar-refractivity contribution in [1.82, 2.24) is 5.32 Å². The molecule has 21 heavy (non-hydrogen) atoms. The maximum absolute atomic E-state index is 12.3. The second kappa shape index (κ2) is 6.19. The van der Waals surface area contributed by atoms with Gasteiger partial charge in [0.05, 0.1) is 17.9 Å². The van der Waals surface area contributed by atoms with Crippen molar-refractivity contribution < 1.29 is 14.3 Å². The van der Waals surface area contributed by atoms with E-state index >= 15 is 0 Å². The molecule has 0 aromatic carbocycles. The van der Waals surface area contributed by atoms with Crippen molar-refractivity contribution in [3.63, 3.8) is 0 Å². The number of fused-ring (bicyclic) bond motifs is 1. The molecule has 1 saturated heterocycles. The van der Waals surface area contributed by atoms with Gasteiger partial charge in [-0.2, -0.15) is 0 Å². The lowest BCUT2D eigenvalue weighted by Crippen LogP contribution is -2.19. The molecular formula is C14H16N2O3S2. The first kappa shape index (κ1) is 14.6. The number of carbonyl (C=O) groups excluding carboxylic acids is 2. The Morgan fingerprint density at radius 2 is 2.19 bits per heavy atom. The van der Waals surface area contributed by atoms with E-state index in [-0.39, 0.29) is 11.9 Å². The Morgan fingerprint density at radius 3 is 2.90 bits per heavy atom. The van der Waals surface area contributed by atoms with E-state index in [1.54, 1.807) is 18.3 Å². The van der Waals surface area contributed by atoms with Gasteiger partial charge in [0.15, 0.2) is 5.17 Å². The lowest BCUT2D eigenvalue weighted by atomic mass is 9.95. The molecule has 1 amide bonds. The van der Waals surface area contributed by atoms with Crippen molar-refractivity contribution in [2.45, 2.75) is 32.6 Å². The summed E-state index contributed by atoms with van der Waals surface area (Å²) in [6, 6.07) is 0. The first-order valence-electron chi connectivity index (χ1n) is 7.02. The highest BCUT2D eigenvalue weighted by Gasteiger charge is 2.27. The van der Waals surface area contributed by atoms with E-state index in [2.05, 4.69) is 10.3 Å². The van der Waals surface area contributed by atoms with Crippen LogP contribution in [0.4, 0.5) is 5.00 Å². The van der Waals surface area contributed by atoms with Gasteiger partial charge in [0, 0.05) is 4.88 Å². The molecule has 2 aliphatic rings. The summed E-state index contributed by atoms with van der Waals surface area (Å²) in [5, 5.41) is 3.95. The zero-order valence-corrected chi connectivity index (χ0v) is 13.4. The molecule has 1 aromatic heterocycles. The summed E-state index contributed by atoms with van der Waals surface area (Å²) in [4.78, 5) is 29.2. The third-order valence-corrected chi connectivity index (χ3v) is 5.48. The summed E-state index contributed by atoms with van der Waals surface area (Å²) in [5.74, 6) is 0.0434. The number of hydrogen-bond donors (Lipinski definition) is 1. The summed E-state index contributed by atoms with van der Waals surface area (Å²) in [6.45, 7) is 2.15. The number of nitrogens with one attached hydrogen (secondary N) is 1. The summed E-state index contributed by atoms with van der Waals surface area (Å²) >= 11 is 2.92. The summed E-state index contributed by atoms with van der Waals surface area (Å²) in [6.07, 6.45) is 4.15. The molecule has 1 aromatic rings. The fourth-order valence-electron chi connectivity index (χ4n) is 2.52. The van der Waals surface area contributed by atoms with Crippen molar-refractivity contribution in [3.05, 3.63) is 16.0 Å². The van der Waals surface area contributed by atoms with Crippen LogP contribution in [-0.4, -0.2) is 29.4 Å². The van der Waals surface area contributed by atoms with Crippen molar-refractivity contribution in [3.8, 4) is 0 Å². The van der Waals surface area contributed by atoms with Crippen LogP contribution >= 0.6 is 23.1 Å². The van der Waals surface area contributed by atoms with E-state index in [9.17, 15) is 9.59 Å². The van der Waals surface area contributed by atoms with Crippen LogP contribution in [0.3, 0.4) is 0 Å². The number of esters is 1. The van der Waals surface area contributed by atoms with Gasteiger partial charge in [-0.3, -0.25) is 4.79 Å². The standard InChI is InChI=1S/C14H16N2O3S2/c1-2-19-13(18)11-8-5-3-4-6-9(8)21-12(11)16-14-15-10(17)7-20-14/h2-7H2,1H3,(H,15,16,17). The molecule has 0 radical (unpaired) electrons. The third-order valence-electron chi connectivity index (χ3n) is 3.42. The molecule has 112 valence electrons. The predicted molar refractivity (Wildman–Crippen MR) is 84.6 cm³/mol. The predicted octanol–water partition coefficient (Wildman–Crippen LogP) is 2.65. The minimum Gasteiger partial charge on any atom is -0.462 e. The quantitative estimate of drug-likeness (QED) is 0.868. The van der Waals surface area contributed by atoms with E-state index in [4.69, 9.17) is 4.74 Å². The Bertz CT molecular complexity index is 622. The second-order valence-electron chi connectivity index (χ2n) is 4.87. The highest BCUT2D eigenvalue weighted by molar-refractivity contribution is 8.15. The highest BCUT2D eigenvalue weighted by atomic mass is 32.2. The van der Waals surface area contributed by atoms with Gasteiger partial charge in [-0.1, -0.05) is 11.8 Å². The van der Waals surface area contributed by atoms with Crippen LogP contribution in [0, 0.1) is 0 Å². The third kappa shape index (κ3) is 2.98. The van der Waals surface area contributed by atoms with Gasteiger partial charge in [-0.15, -0.1) is 11.3 Å². The molecule has 0 unspecified atom stereocenters. The van der Waals surface area contributed by atoms with Gasteiger partial charge in [0.2, 0.25) is 5.91 Å². The Kier molecular flexibility index (Phi) is 4.30. The fraction of sp³-hybridized carbons (Fsp3) is 0.500. The molecule has 0 saturated carbocycles. The van der Waals surface area contributed by atoms with Crippen LogP contribution in [0.15, 0.2) is 4.99 Å². The van der Waals surface area contributed by atoms with Gasteiger partial charge >= 0.3 is 5.97 Å². The van der Waals surface area contributed by atoms with Crippen LogP contribution in [0.2, 0.25) is 0 Å². The lowest BCUT2D eigenvalue weighted by molar-refractivity contribution is -0.116. The normalized spacial score (nSPS) is 19.5. The number of amidine groups is 1. The number of thioether (sulfide) groups is 1. The number of thiophene rings is 1. The topological polar surface area (TPSA) is 67.8 Å². The number of aryl methyl sites for hydroxylation is 1. The van der Waals surface area contributed by atoms with E-state index < -0.39 is 0 Å². The fourth-order valence-corrected chi connectivity index (χ4v) is 4.51. The minimum atomic E-state index is -0.300. The summed E-state index contributed by atoms with van der Waals surface area (Å²) in [7, 11) is 0. The molecule has 2 heterocycles. The first-order valence-corrected chi connectivity index (χ1v) is 8.82. The van der Waals surface area contributed by atoms with E-state index in [0.717, 1.165) is 31.2 Å². The molecule has 1 aliphatic heterocycles. The number of nitrogens with zero attached hydrogens (tertiary/aromatic N) is 1. The zero-order valence-electron chi connectivity index (χ0n) is 11.7. The lowest BCUT2D eigenvalue weighted by Gasteiger charge is -2.11. The molecule has 0 bridgehead atoms. The number of rotatable bonds is 3. The molecule has 0 atom stereocenters. The average molecular weight is 324 g/mol. The van der Waals surface area contributed by atoms with E-state index in [1.165, 1.54) is 16.6 Å². The maximum atomic E-state index is 12.3. The number of aliphatic imine (C=N–C) groups is 1. The second-order valence-corrected chi connectivity index (χ2v) is 6.91. The van der Waals surface area contributed by atoms with Crippen molar-refractivity contribution in [1.29, 1.82) is 0 Å². The van der Waals surface area contributed by atoms with Crippen LogP contribution in [0.25, 0.3) is 0 Å². The Morgan fingerprint density at radius 1 is 1.38 bits per heavy atom. The number of ether oxygens (including phenoxy) is 1. The van der Waals surface area contributed by atoms with Gasteiger partial charge in [-0.25, -0.2) is 9.79 Å². The van der Waals surface area contributed by atoms with Gasteiger partial charge < -0.3 is 10.1 Å². The van der Waals surface area contributed by atoms with Crippen LogP contribution in [-0.2, 0) is 22.4 Å². The van der Waals surface area contributed by atoms with Gasteiger partial charge in [0.25, 0.3) is 0 Å². The van der Waals surface area contributed by atoms with Crippen LogP contribution in [0.5, 0.6) is 0 Å². The molecule has 1 aliphatic carbocycles. The molecule has 7 heteroatoms. The zero-order chi connectivity index (χ0) is 14.8. The van der Waals surface area contributed by atoms with Crippen molar-refractivity contribution >= 4 is 45.1 Å². The number of hydrogen-bond acceptors (Lipinski definition) is 6. The summed E-state index contributed by atoms with van der Waals surface area (Å²) in [5.41, 5.74) is 1.70. The molecule has 1 N–H and O–H groups in total. The van der Waals surface area contributed by atoms with E-state index in [0.29, 0.717) is 28.1 Å². The largest absolute Gasteiger partial charge is 0.462 e. The summed E-state index contributed by atoms with van der Waals surface area (Å²) < 4.78 is 5.18. The number of amides is 1. The van der Waals surface area contributed by atoms with Crippen molar-refractivity contribution in [2.75, 3.05) is 12.4 Å². The SMILES string of the molecule is CCOC(=O)c1c(/N=C2/NC(=O)CS2)sc2c1CCCC2. The van der Waals surface area contributed by atoms with Gasteiger partial charge in [-0.05, 0) is 38.2 Å². The Balaban J connectivity index is 2.00. The minimum absolute atomic E-state index is 0.0437. The monoisotopic (exact) mass is 324 g/mol. The molecule has 5 nitrogen and oxygen atoms in total. The Labute approximate surface area is 131 Å². The first-order chi connectivity index (χ1) is 10.2. The molecule has 1 fully saturated rings. The maximum Gasteiger partial charge on any atom is 0.341 e. The van der Waals surface area contributed by atoms with Crippen LogP contribution in [0.1, 0.15) is 40.6 Å². The molecule has 0 spiro atoms. The van der Waals surface area contributed by atoms with Crippen molar-refractivity contribution in [2.24, 2.45) is 4.99 Å². The molecular weight excluding hydrogens is 308 g/mol. The molecule has 3 rings (SSSR count). The highest BCUT2D eigenvalue weighted by Crippen LogP contribution is 2.40. The van der Waals surface area contributed by atoms with Crippen LogP contribution < -0.4 is 5.32 Å². The average Bonchev–Trinajstić information content (AvgIpc) is 3.02. The number of carbonyl (C=O) groups is 2. The smallest absolute Gasteiger partial charge is 0.341 e. The van der Waals surface area contributed by atoms with Gasteiger partial charge in [0.1, 0.15) is 5.00 Å². The van der Waals surface area contributed by atoms with E-state index in [1.807, 2.05) is 0 Å². The Hall–Kier alpha value is -1.34.